The summed E-state index contributed by atoms with van der Waals surface area (Å²) in [6.07, 6.45) is 0. The van der Waals surface area contributed by atoms with Gasteiger partial charge in [0.2, 0.25) is 0 Å². The van der Waals surface area contributed by atoms with Crippen LogP contribution in [0.15, 0.2) is 29.4 Å². The second-order valence-electron chi connectivity index (χ2n) is 3.06. The number of Topliss-reactive ketones (excluding diaryl/α,β-unsaturated/α-hetero) is 1. The highest BCUT2D eigenvalue weighted by molar-refractivity contribution is 5.94. The Labute approximate surface area is 82.2 Å². The van der Waals surface area contributed by atoms with Crippen molar-refractivity contribution >= 4 is 5.78 Å². The molecule has 4 nitrogen and oxygen atoms in total. The van der Waals surface area contributed by atoms with E-state index < -0.39 is 0 Å². The molecule has 0 heterocycles. The van der Waals surface area contributed by atoms with E-state index in [1.54, 1.807) is 24.3 Å². The van der Waals surface area contributed by atoms with Gasteiger partial charge < -0.3 is 0 Å². The summed E-state index contributed by atoms with van der Waals surface area (Å²) in [5.41, 5.74) is 9.82. The van der Waals surface area contributed by atoms with Crippen molar-refractivity contribution in [2.75, 3.05) is 0 Å². The summed E-state index contributed by atoms with van der Waals surface area (Å²) in [6, 6.07) is 6.88. The van der Waals surface area contributed by atoms with E-state index in [1.165, 1.54) is 6.92 Å². The van der Waals surface area contributed by atoms with Crippen LogP contribution >= 0.6 is 0 Å². The molecule has 72 valence electrons. The average Bonchev–Trinajstić information content (AvgIpc) is 2.18. The van der Waals surface area contributed by atoms with Gasteiger partial charge in [0, 0.05) is 10.5 Å². The van der Waals surface area contributed by atoms with Gasteiger partial charge in [-0.3, -0.25) is 4.79 Å². The van der Waals surface area contributed by atoms with Gasteiger partial charge >= 0.3 is 0 Å². The van der Waals surface area contributed by atoms with Crippen LogP contribution in [0.5, 0.6) is 0 Å². The Morgan fingerprint density at radius 3 is 2.43 bits per heavy atom. The van der Waals surface area contributed by atoms with Crippen molar-refractivity contribution in [1.82, 2.24) is 0 Å². The van der Waals surface area contributed by atoms with Gasteiger partial charge in [0.25, 0.3) is 0 Å². The van der Waals surface area contributed by atoms with E-state index in [4.69, 9.17) is 5.53 Å². The average molecular weight is 189 g/mol. The monoisotopic (exact) mass is 189 g/mol. The van der Waals surface area contributed by atoms with E-state index in [9.17, 15) is 4.79 Å². The van der Waals surface area contributed by atoms with Crippen LogP contribution in [0.1, 0.15) is 35.8 Å². The van der Waals surface area contributed by atoms with E-state index in [0.29, 0.717) is 5.56 Å². The summed E-state index contributed by atoms with van der Waals surface area (Å²) in [5.74, 6) is 0.0352. The molecule has 0 saturated carbocycles. The Bertz CT molecular complexity index is 377. The maximum absolute atomic E-state index is 11.0. The molecule has 1 atom stereocenters. The molecule has 1 unspecified atom stereocenters. The fourth-order valence-electron chi connectivity index (χ4n) is 1.14. The van der Waals surface area contributed by atoms with E-state index in [0.717, 1.165) is 5.56 Å². The lowest BCUT2D eigenvalue weighted by Crippen LogP contribution is -1.93. The fraction of sp³-hybridized carbons (Fsp3) is 0.300. The minimum Gasteiger partial charge on any atom is -0.295 e. The molecule has 0 amide bonds. The van der Waals surface area contributed by atoms with Crippen molar-refractivity contribution in [3.63, 3.8) is 0 Å². The third-order valence-electron chi connectivity index (χ3n) is 2.02. The second-order valence-corrected chi connectivity index (χ2v) is 3.06. The molecule has 0 fully saturated rings. The molecule has 0 aliphatic rings. The van der Waals surface area contributed by atoms with Gasteiger partial charge in [-0.15, -0.1) is 0 Å². The number of azide groups is 1. The fourth-order valence-corrected chi connectivity index (χ4v) is 1.14. The van der Waals surface area contributed by atoms with Gasteiger partial charge in [-0.2, -0.15) is 0 Å². The molecule has 4 heteroatoms. The second kappa shape index (κ2) is 4.44. The summed E-state index contributed by atoms with van der Waals surface area (Å²) in [5, 5.41) is 3.56. The highest BCUT2D eigenvalue weighted by Crippen LogP contribution is 2.17. The molecule has 0 aliphatic heterocycles. The van der Waals surface area contributed by atoms with E-state index in [1.807, 2.05) is 6.92 Å². The Hall–Kier alpha value is -1.80. The molecule has 0 spiro atoms. The number of hydrogen-bond acceptors (Lipinski definition) is 2. The molecule has 0 saturated heterocycles. The van der Waals surface area contributed by atoms with Crippen molar-refractivity contribution in [3.05, 3.63) is 45.8 Å². The van der Waals surface area contributed by atoms with Crippen LogP contribution in [0.3, 0.4) is 0 Å². The lowest BCUT2D eigenvalue weighted by atomic mass is 10.1. The third kappa shape index (κ3) is 2.34. The molecule has 0 radical (unpaired) electrons. The highest BCUT2D eigenvalue weighted by Gasteiger charge is 2.03. The van der Waals surface area contributed by atoms with Crippen LogP contribution in [0.2, 0.25) is 0 Å². The van der Waals surface area contributed by atoms with Crippen LogP contribution in [0.4, 0.5) is 0 Å². The molecule has 1 aromatic carbocycles. The van der Waals surface area contributed by atoms with Crippen molar-refractivity contribution < 1.29 is 4.79 Å². The minimum absolute atomic E-state index is 0.0352. The van der Waals surface area contributed by atoms with Gasteiger partial charge in [0.05, 0.1) is 6.04 Å². The minimum atomic E-state index is -0.194. The summed E-state index contributed by atoms with van der Waals surface area (Å²) in [7, 11) is 0. The zero-order valence-electron chi connectivity index (χ0n) is 8.14. The number of carbonyl (C=O) groups excluding carboxylic acids is 1. The van der Waals surface area contributed by atoms with E-state index in [2.05, 4.69) is 10.0 Å². The zero-order valence-corrected chi connectivity index (χ0v) is 8.14. The zero-order chi connectivity index (χ0) is 10.6. The number of rotatable bonds is 3. The summed E-state index contributed by atoms with van der Waals surface area (Å²) >= 11 is 0. The topological polar surface area (TPSA) is 65.8 Å². The van der Waals surface area contributed by atoms with Crippen LogP contribution in [-0.2, 0) is 0 Å². The number of carbonyl (C=O) groups is 1. The van der Waals surface area contributed by atoms with Gasteiger partial charge in [-0.1, -0.05) is 36.3 Å². The van der Waals surface area contributed by atoms with Crippen LogP contribution in [0, 0.1) is 0 Å². The first-order valence-corrected chi connectivity index (χ1v) is 4.30. The number of hydrogen-bond donors (Lipinski definition) is 0. The van der Waals surface area contributed by atoms with Gasteiger partial charge in [-0.05, 0) is 18.0 Å². The number of nitrogens with zero attached hydrogens (tertiary/aromatic N) is 3. The van der Waals surface area contributed by atoms with E-state index in [-0.39, 0.29) is 11.8 Å². The molecule has 0 N–H and O–H groups in total. The molecule has 1 rings (SSSR count). The summed E-state index contributed by atoms with van der Waals surface area (Å²) < 4.78 is 0. The van der Waals surface area contributed by atoms with Crippen molar-refractivity contribution in [2.24, 2.45) is 5.11 Å². The SMILES string of the molecule is CC(=O)c1ccc(C(C)N=[N+]=[N-])cc1. The Morgan fingerprint density at radius 1 is 1.43 bits per heavy atom. The highest BCUT2D eigenvalue weighted by atomic mass is 16.1. The van der Waals surface area contributed by atoms with Crippen molar-refractivity contribution in [3.8, 4) is 0 Å². The number of benzene rings is 1. The first kappa shape index (κ1) is 10.3. The van der Waals surface area contributed by atoms with Gasteiger partial charge in [-0.25, -0.2) is 0 Å². The molecular weight excluding hydrogens is 178 g/mol. The summed E-state index contributed by atoms with van der Waals surface area (Å²) in [6.45, 7) is 3.33. The Morgan fingerprint density at radius 2 is 2.00 bits per heavy atom. The standard InChI is InChI=1S/C10H11N3O/c1-7(12-13-11)9-3-5-10(6-4-9)8(2)14/h3-7H,1-2H3. The maximum atomic E-state index is 11.0. The molecular formula is C10H11N3O. The maximum Gasteiger partial charge on any atom is 0.159 e. The lowest BCUT2D eigenvalue weighted by molar-refractivity contribution is 0.101. The van der Waals surface area contributed by atoms with Crippen molar-refractivity contribution in [1.29, 1.82) is 0 Å². The Balaban J connectivity index is 2.93. The normalized spacial score (nSPS) is 11.6. The largest absolute Gasteiger partial charge is 0.295 e. The first-order valence-electron chi connectivity index (χ1n) is 4.30. The molecule has 0 aliphatic carbocycles. The smallest absolute Gasteiger partial charge is 0.159 e. The van der Waals surface area contributed by atoms with E-state index >= 15 is 0 Å². The van der Waals surface area contributed by atoms with Crippen molar-refractivity contribution in [2.45, 2.75) is 19.9 Å². The molecule has 14 heavy (non-hydrogen) atoms. The third-order valence-corrected chi connectivity index (χ3v) is 2.02. The van der Waals surface area contributed by atoms with Gasteiger partial charge in [0.15, 0.2) is 5.78 Å². The predicted molar refractivity (Wildman–Crippen MR) is 54.0 cm³/mol. The van der Waals surface area contributed by atoms with Crippen LogP contribution in [0.25, 0.3) is 10.4 Å². The molecule has 0 aromatic heterocycles. The van der Waals surface area contributed by atoms with Crippen LogP contribution in [-0.4, -0.2) is 5.78 Å². The summed E-state index contributed by atoms with van der Waals surface area (Å²) in [4.78, 5) is 13.7. The lowest BCUT2D eigenvalue weighted by Gasteiger charge is -2.04. The quantitative estimate of drug-likeness (QED) is 0.311. The molecule has 0 bridgehead atoms. The molecule has 1 aromatic rings. The first-order chi connectivity index (χ1) is 6.65. The van der Waals surface area contributed by atoms with Gasteiger partial charge in [0.1, 0.15) is 0 Å². The Kier molecular flexibility index (Phi) is 3.26. The van der Waals surface area contributed by atoms with Crippen LogP contribution < -0.4 is 0 Å². The number of ketones is 1. The predicted octanol–water partition coefficient (Wildman–Crippen LogP) is 3.26.